The van der Waals surface area contributed by atoms with Crippen molar-refractivity contribution in [2.45, 2.75) is 39.7 Å². The van der Waals surface area contributed by atoms with Gasteiger partial charge < -0.3 is 4.74 Å². The van der Waals surface area contributed by atoms with Crippen LogP contribution in [0.5, 0.6) is 5.75 Å². The van der Waals surface area contributed by atoms with Gasteiger partial charge in [0.15, 0.2) is 5.69 Å². The van der Waals surface area contributed by atoms with Crippen LogP contribution in [0, 0.1) is 17.2 Å². The summed E-state index contributed by atoms with van der Waals surface area (Å²) in [6, 6.07) is 11.9. The fourth-order valence-electron chi connectivity index (χ4n) is 2.26. The van der Waals surface area contributed by atoms with Crippen molar-refractivity contribution in [3.05, 3.63) is 41.7 Å². The highest BCUT2D eigenvalue weighted by atomic mass is 16.5. The maximum absolute atomic E-state index is 9.09. The molecule has 0 atom stereocenters. The second kappa shape index (κ2) is 8.18. The number of rotatable bonds is 8. The zero-order valence-electron chi connectivity index (χ0n) is 13.2. The largest absolute Gasteiger partial charge is 0.494 e. The van der Waals surface area contributed by atoms with Gasteiger partial charge in [-0.05, 0) is 37.3 Å². The summed E-state index contributed by atoms with van der Waals surface area (Å²) in [5.41, 5.74) is 1.40. The third-order valence-electron chi connectivity index (χ3n) is 3.32. The minimum absolute atomic E-state index is 0.453. The Bertz CT molecular complexity index is 613. The number of nitrogens with zero attached hydrogens (tertiary/aromatic N) is 4. The fourth-order valence-corrected chi connectivity index (χ4v) is 2.26. The first-order chi connectivity index (χ1) is 10.7. The normalized spacial score (nSPS) is 10.6. The first kappa shape index (κ1) is 16.0. The number of hydrogen-bond donors (Lipinski definition) is 0. The topological polar surface area (TPSA) is 63.7 Å². The predicted octanol–water partition coefficient (Wildman–Crippen LogP) is 3.21. The molecule has 1 aromatic heterocycles. The van der Waals surface area contributed by atoms with E-state index >= 15 is 0 Å². The van der Waals surface area contributed by atoms with Gasteiger partial charge in [-0.15, -0.1) is 5.10 Å². The summed E-state index contributed by atoms with van der Waals surface area (Å²) >= 11 is 0. The average Bonchev–Trinajstić information content (AvgIpc) is 2.89. The quantitative estimate of drug-likeness (QED) is 0.702. The molecule has 5 heteroatoms. The van der Waals surface area contributed by atoms with E-state index in [0.29, 0.717) is 18.2 Å². The Kier molecular flexibility index (Phi) is 5.96. The molecule has 0 aliphatic rings. The second-order valence-corrected chi connectivity index (χ2v) is 5.69. The lowest BCUT2D eigenvalue weighted by Crippen LogP contribution is -2.10. The van der Waals surface area contributed by atoms with Gasteiger partial charge in [0.1, 0.15) is 11.8 Å². The Morgan fingerprint density at radius 3 is 2.68 bits per heavy atom. The van der Waals surface area contributed by atoms with E-state index in [1.165, 1.54) is 0 Å². The predicted molar refractivity (Wildman–Crippen MR) is 84.5 cm³/mol. The fraction of sp³-hybridized carbons (Fsp3) is 0.471. The molecule has 0 saturated carbocycles. The maximum Gasteiger partial charge on any atom is 0.185 e. The van der Waals surface area contributed by atoms with Crippen molar-refractivity contribution in [1.29, 1.82) is 5.26 Å². The number of aryl methyl sites for hydroxylation is 1. The molecule has 1 heterocycles. The standard InChI is InChI=1S/C17H22N4O/c1-14(2)12-17-16(13-18)19-20-21(17)10-6-7-11-22-15-8-4-3-5-9-15/h3-5,8-9,14H,6-7,10-12H2,1-2H3. The van der Waals surface area contributed by atoms with Crippen molar-refractivity contribution in [3.8, 4) is 11.8 Å². The van der Waals surface area contributed by atoms with Crippen LogP contribution < -0.4 is 4.74 Å². The van der Waals surface area contributed by atoms with E-state index in [4.69, 9.17) is 10.00 Å². The van der Waals surface area contributed by atoms with Gasteiger partial charge in [0, 0.05) is 6.54 Å². The summed E-state index contributed by atoms with van der Waals surface area (Å²) in [5.74, 6) is 1.38. The molecule has 0 radical (unpaired) electrons. The van der Waals surface area contributed by atoms with Crippen molar-refractivity contribution in [2.24, 2.45) is 5.92 Å². The second-order valence-electron chi connectivity index (χ2n) is 5.69. The van der Waals surface area contributed by atoms with Gasteiger partial charge in [0.2, 0.25) is 0 Å². The van der Waals surface area contributed by atoms with E-state index in [1.807, 2.05) is 35.0 Å². The maximum atomic E-state index is 9.09. The summed E-state index contributed by atoms with van der Waals surface area (Å²) in [4.78, 5) is 0. The third-order valence-corrected chi connectivity index (χ3v) is 3.32. The summed E-state index contributed by atoms with van der Waals surface area (Å²) in [7, 11) is 0. The molecule has 1 aromatic carbocycles. The Balaban J connectivity index is 1.79. The molecule has 0 bridgehead atoms. The van der Waals surface area contributed by atoms with Crippen LogP contribution in [-0.4, -0.2) is 21.6 Å². The number of benzene rings is 1. The van der Waals surface area contributed by atoms with Crippen LogP contribution in [0.1, 0.15) is 38.1 Å². The van der Waals surface area contributed by atoms with E-state index in [0.717, 1.165) is 37.3 Å². The Hall–Kier alpha value is -2.35. The number of nitriles is 1. The number of para-hydroxylation sites is 1. The highest BCUT2D eigenvalue weighted by Gasteiger charge is 2.13. The van der Waals surface area contributed by atoms with E-state index in [9.17, 15) is 0 Å². The zero-order valence-corrected chi connectivity index (χ0v) is 13.2. The number of ether oxygens (including phenoxy) is 1. The lowest BCUT2D eigenvalue weighted by molar-refractivity contribution is 0.301. The smallest absolute Gasteiger partial charge is 0.185 e. The summed E-state index contributed by atoms with van der Waals surface area (Å²) < 4.78 is 7.53. The molecular weight excluding hydrogens is 276 g/mol. The molecule has 0 spiro atoms. The van der Waals surface area contributed by atoms with Crippen LogP contribution in [-0.2, 0) is 13.0 Å². The van der Waals surface area contributed by atoms with Crippen LogP contribution in [0.4, 0.5) is 0 Å². The van der Waals surface area contributed by atoms with Gasteiger partial charge in [-0.2, -0.15) is 5.26 Å². The van der Waals surface area contributed by atoms with Gasteiger partial charge in [-0.25, -0.2) is 4.68 Å². The Morgan fingerprint density at radius 1 is 1.23 bits per heavy atom. The average molecular weight is 298 g/mol. The number of hydrogen-bond acceptors (Lipinski definition) is 4. The van der Waals surface area contributed by atoms with Crippen LogP contribution >= 0.6 is 0 Å². The van der Waals surface area contributed by atoms with Gasteiger partial charge in [-0.3, -0.25) is 0 Å². The molecule has 0 aliphatic heterocycles. The molecule has 116 valence electrons. The lowest BCUT2D eigenvalue weighted by atomic mass is 10.1. The van der Waals surface area contributed by atoms with Crippen molar-refractivity contribution in [1.82, 2.24) is 15.0 Å². The highest BCUT2D eigenvalue weighted by molar-refractivity contribution is 5.25. The summed E-state index contributed by atoms with van der Waals surface area (Å²) in [6.07, 6.45) is 2.72. The molecule has 0 N–H and O–H groups in total. The van der Waals surface area contributed by atoms with Crippen molar-refractivity contribution < 1.29 is 4.74 Å². The molecule has 0 fully saturated rings. The molecule has 5 nitrogen and oxygen atoms in total. The molecule has 2 rings (SSSR count). The van der Waals surface area contributed by atoms with Gasteiger partial charge in [-0.1, -0.05) is 37.3 Å². The highest BCUT2D eigenvalue weighted by Crippen LogP contribution is 2.13. The SMILES string of the molecule is CC(C)Cc1c(C#N)nnn1CCCCOc1ccccc1. The van der Waals surface area contributed by atoms with Gasteiger partial charge >= 0.3 is 0 Å². The molecule has 0 aliphatic carbocycles. The van der Waals surface area contributed by atoms with Crippen LogP contribution in [0.25, 0.3) is 0 Å². The monoisotopic (exact) mass is 298 g/mol. The molecule has 0 unspecified atom stereocenters. The van der Waals surface area contributed by atoms with Gasteiger partial charge in [0.05, 0.1) is 12.3 Å². The Labute approximate surface area is 131 Å². The van der Waals surface area contributed by atoms with Gasteiger partial charge in [0.25, 0.3) is 0 Å². The number of aromatic nitrogens is 3. The van der Waals surface area contributed by atoms with E-state index < -0.39 is 0 Å². The molecule has 0 amide bonds. The lowest BCUT2D eigenvalue weighted by Gasteiger charge is -2.09. The van der Waals surface area contributed by atoms with Crippen LogP contribution in [0.3, 0.4) is 0 Å². The third kappa shape index (κ3) is 4.59. The van der Waals surface area contributed by atoms with Crippen molar-refractivity contribution in [3.63, 3.8) is 0 Å². The number of unbranched alkanes of at least 4 members (excludes halogenated alkanes) is 1. The molecule has 22 heavy (non-hydrogen) atoms. The first-order valence-corrected chi connectivity index (χ1v) is 7.71. The van der Waals surface area contributed by atoms with E-state index in [2.05, 4.69) is 30.2 Å². The van der Waals surface area contributed by atoms with Crippen LogP contribution in [0.2, 0.25) is 0 Å². The van der Waals surface area contributed by atoms with E-state index in [1.54, 1.807) is 0 Å². The van der Waals surface area contributed by atoms with E-state index in [-0.39, 0.29) is 0 Å². The minimum atomic E-state index is 0.453. The van der Waals surface area contributed by atoms with Crippen molar-refractivity contribution >= 4 is 0 Å². The summed E-state index contributed by atoms with van der Waals surface area (Å²) in [6.45, 7) is 5.72. The molecule has 0 saturated heterocycles. The minimum Gasteiger partial charge on any atom is -0.494 e. The first-order valence-electron chi connectivity index (χ1n) is 7.71. The Morgan fingerprint density at radius 2 is 2.00 bits per heavy atom. The summed E-state index contributed by atoms with van der Waals surface area (Å²) in [5, 5.41) is 17.1. The zero-order chi connectivity index (χ0) is 15.8. The van der Waals surface area contributed by atoms with Crippen LogP contribution in [0.15, 0.2) is 30.3 Å². The molecule has 2 aromatic rings. The molecular formula is C17H22N4O. The van der Waals surface area contributed by atoms with Crippen molar-refractivity contribution in [2.75, 3.05) is 6.61 Å².